The molecular weight excluding hydrogens is 340 g/mol. The van der Waals surface area contributed by atoms with E-state index in [1.165, 1.54) is 11.5 Å². The van der Waals surface area contributed by atoms with Gasteiger partial charge < -0.3 is 14.9 Å². The first-order valence-corrected chi connectivity index (χ1v) is 9.26. The molecule has 8 nitrogen and oxygen atoms in total. The van der Waals surface area contributed by atoms with Crippen LogP contribution in [0.2, 0.25) is 0 Å². The van der Waals surface area contributed by atoms with Crippen LogP contribution in [-0.2, 0) is 19.5 Å². The molecule has 1 N–H and O–H groups in total. The van der Waals surface area contributed by atoms with E-state index in [1.807, 2.05) is 34.6 Å². The lowest BCUT2D eigenvalue weighted by Crippen LogP contribution is -2.38. The van der Waals surface area contributed by atoms with Gasteiger partial charge in [0.25, 0.3) is 5.91 Å². The molecule has 0 spiro atoms. The van der Waals surface area contributed by atoms with Crippen molar-refractivity contribution in [2.45, 2.75) is 39.0 Å². The fourth-order valence-corrected chi connectivity index (χ4v) is 3.66. The van der Waals surface area contributed by atoms with E-state index in [1.54, 1.807) is 0 Å². The minimum atomic E-state index is -0.626. The summed E-state index contributed by atoms with van der Waals surface area (Å²) in [5, 5.41) is 18.8. The number of carbonyl (C=O) groups excluding carboxylic acids is 1. The molecule has 1 atom stereocenters. The number of likely N-dealkylation sites (N-methyl/N-ethyl adjacent to an activating group) is 1. The second-order valence-electron chi connectivity index (χ2n) is 6.59. The molecule has 0 fully saturated rings. The monoisotopic (exact) mass is 364 g/mol. The van der Waals surface area contributed by atoms with Crippen molar-refractivity contribution in [1.82, 2.24) is 29.2 Å². The highest BCUT2D eigenvalue weighted by atomic mass is 32.1. The third-order valence-corrected chi connectivity index (χ3v) is 4.98. The number of rotatable bonds is 6. The molecule has 0 saturated heterocycles. The van der Waals surface area contributed by atoms with E-state index in [2.05, 4.69) is 21.6 Å². The number of aliphatic hydroxyl groups excluding tert-OH is 1. The van der Waals surface area contributed by atoms with Crippen LogP contribution >= 0.6 is 11.5 Å². The first kappa shape index (κ1) is 18.0. The van der Waals surface area contributed by atoms with Gasteiger partial charge >= 0.3 is 0 Å². The maximum atomic E-state index is 12.8. The van der Waals surface area contributed by atoms with Gasteiger partial charge in [-0.05, 0) is 38.1 Å². The van der Waals surface area contributed by atoms with Crippen molar-refractivity contribution in [3.05, 3.63) is 28.0 Å². The maximum Gasteiger partial charge on any atom is 0.267 e. The minimum Gasteiger partial charge on any atom is -0.385 e. The summed E-state index contributed by atoms with van der Waals surface area (Å²) in [5.41, 5.74) is 2.39. The van der Waals surface area contributed by atoms with E-state index in [4.69, 9.17) is 0 Å². The standard InChI is InChI=1S/C16H24N6O2S/c1-4-5-12-15(25-19-17-12)16(24)21-6-7-22-11(9-21)8-13(18-22)14(23)10-20(2)3/h8,14,23H,4-7,9-10H2,1-3H3/t14-/m1/s1. The predicted molar refractivity (Wildman–Crippen MR) is 94.4 cm³/mol. The number of hydrogen-bond acceptors (Lipinski definition) is 7. The molecule has 1 aliphatic heterocycles. The van der Waals surface area contributed by atoms with E-state index in [0.717, 1.165) is 24.2 Å². The summed E-state index contributed by atoms with van der Waals surface area (Å²) in [6.07, 6.45) is 1.08. The smallest absolute Gasteiger partial charge is 0.267 e. The van der Waals surface area contributed by atoms with Gasteiger partial charge in [-0.15, -0.1) is 5.10 Å². The van der Waals surface area contributed by atoms with Crippen LogP contribution in [0.4, 0.5) is 0 Å². The fraction of sp³-hybridized carbons (Fsp3) is 0.625. The second-order valence-corrected chi connectivity index (χ2v) is 7.34. The van der Waals surface area contributed by atoms with E-state index in [9.17, 15) is 9.90 Å². The number of amides is 1. The fourth-order valence-electron chi connectivity index (χ4n) is 2.98. The maximum absolute atomic E-state index is 12.8. The number of aliphatic hydroxyl groups is 1. The molecular formula is C16H24N6O2S. The van der Waals surface area contributed by atoms with Gasteiger partial charge in [-0.2, -0.15) is 5.10 Å². The molecule has 0 aliphatic carbocycles. The molecule has 1 aliphatic rings. The first-order chi connectivity index (χ1) is 12.0. The Morgan fingerprint density at radius 2 is 2.24 bits per heavy atom. The van der Waals surface area contributed by atoms with Crippen molar-refractivity contribution in [3.63, 3.8) is 0 Å². The molecule has 25 heavy (non-hydrogen) atoms. The van der Waals surface area contributed by atoms with E-state index >= 15 is 0 Å². The van der Waals surface area contributed by atoms with Crippen LogP contribution in [0.15, 0.2) is 6.07 Å². The highest BCUT2D eigenvalue weighted by Crippen LogP contribution is 2.22. The molecule has 136 valence electrons. The quantitative estimate of drug-likeness (QED) is 0.821. The van der Waals surface area contributed by atoms with Gasteiger partial charge in [0.15, 0.2) is 0 Å². The van der Waals surface area contributed by atoms with Crippen LogP contribution in [0.5, 0.6) is 0 Å². The number of nitrogens with zero attached hydrogens (tertiary/aromatic N) is 6. The zero-order valence-corrected chi connectivity index (χ0v) is 15.7. The molecule has 3 rings (SSSR count). The molecule has 0 unspecified atom stereocenters. The third-order valence-electron chi connectivity index (χ3n) is 4.22. The minimum absolute atomic E-state index is 0.0127. The lowest BCUT2D eigenvalue weighted by Gasteiger charge is -2.27. The van der Waals surface area contributed by atoms with Crippen LogP contribution < -0.4 is 0 Å². The van der Waals surface area contributed by atoms with Crippen molar-refractivity contribution in [2.75, 3.05) is 27.2 Å². The summed E-state index contributed by atoms with van der Waals surface area (Å²) in [6.45, 7) is 4.30. The summed E-state index contributed by atoms with van der Waals surface area (Å²) in [7, 11) is 3.83. The number of fused-ring (bicyclic) bond motifs is 1. The third kappa shape index (κ3) is 3.88. The molecule has 3 heterocycles. The number of aromatic nitrogens is 4. The normalized spacial score (nSPS) is 15.5. The van der Waals surface area contributed by atoms with Crippen molar-refractivity contribution < 1.29 is 9.90 Å². The van der Waals surface area contributed by atoms with Crippen molar-refractivity contribution in [3.8, 4) is 0 Å². The van der Waals surface area contributed by atoms with Crippen LogP contribution in [-0.4, -0.2) is 67.4 Å². The lowest BCUT2D eigenvalue weighted by atomic mass is 10.2. The molecule has 0 aromatic carbocycles. The zero-order chi connectivity index (χ0) is 18.0. The van der Waals surface area contributed by atoms with Gasteiger partial charge in [-0.25, -0.2) is 0 Å². The van der Waals surface area contributed by atoms with E-state index in [-0.39, 0.29) is 5.91 Å². The van der Waals surface area contributed by atoms with Gasteiger partial charge in [0, 0.05) is 13.1 Å². The Hall–Kier alpha value is -1.84. The van der Waals surface area contributed by atoms with Gasteiger partial charge in [-0.1, -0.05) is 17.8 Å². The van der Waals surface area contributed by atoms with Gasteiger partial charge in [0.1, 0.15) is 11.0 Å². The van der Waals surface area contributed by atoms with Gasteiger partial charge in [0.05, 0.1) is 30.2 Å². The summed E-state index contributed by atoms with van der Waals surface area (Å²) in [5.74, 6) is -0.0127. The Bertz CT molecular complexity index is 741. The zero-order valence-electron chi connectivity index (χ0n) is 14.8. The average molecular weight is 364 g/mol. The highest BCUT2D eigenvalue weighted by Gasteiger charge is 2.27. The Morgan fingerprint density at radius 3 is 2.96 bits per heavy atom. The number of aryl methyl sites for hydroxylation is 1. The number of hydrogen-bond donors (Lipinski definition) is 1. The Balaban J connectivity index is 1.73. The lowest BCUT2D eigenvalue weighted by molar-refractivity contribution is 0.0709. The largest absolute Gasteiger partial charge is 0.385 e. The van der Waals surface area contributed by atoms with Crippen molar-refractivity contribution in [1.29, 1.82) is 0 Å². The average Bonchev–Trinajstić information content (AvgIpc) is 3.19. The first-order valence-electron chi connectivity index (χ1n) is 8.49. The van der Waals surface area contributed by atoms with Gasteiger partial charge in [0.2, 0.25) is 0 Å². The molecule has 0 saturated carbocycles. The Kier molecular flexibility index (Phi) is 5.45. The molecule has 2 aromatic rings. The Morgan fingerprint density at radius 1 is 1.44 bits per heavy atom. The second kappa shape index (κ2) is 7.59. The summed E-state index contributed by atoms with van der Waals surface area (Å²) in [6, 6.07) is 1.89. The number of carbonyl (C=O) groups is 1. The summed E-state index contributed by atoms with van der Waals surface area (Å²) < 4.78 is 5.83. The molecule has 0 bridgehead atoms. The SMILES string of the molecule is CCCc1nnsc1C(=O)N1CCn2nc([C@H](O)CN(C)C)cc2C1. The molecule has 9 heteroatoms. The summed E-state index contributed by atoms with van der Waals surface area (Å²) >= 11 is 1.17. The predicted octanol–water partition coefficient (Wildman–Crippen LogP) is 0.938. The Labute approximate surface area is 151 Å². The van der Waals surface area contributed by atoms with E-state index in [0.29, 0.717) is 36.8 Å². The van der Waals surface area contributed by atoms with Crippen LogP contribution in [0.3, 0.4) is 0 Å². The molecule has 1 amide bonds. The van der Waals surface area contributed by atoms with Crippen LogP contribution in [0.25, 0.3) is 0 Å². The topological polar surface area (TPSA) is 87.4 Å². The van der Waals surface area contributed by atoms with Gasteiger partial charge in [-0.3, -0.25) is 9.48 Å². The van der Waals surface area contributed by atoms with Crippen molar-refractivity contribution in [2.24, 2.45) is 0 Å². The van der Waals surface area contributed by atoms with E-state index < -0.39 is 6.10 Å². The summed E-state index contributed by atoms with van der Waals surface area (Å²) in [4.78, 5) is 17.2. The highest BCUT2D eigenvalue weighted by molar-refractivity contribution is 7.08. The van der Waals surface area contributed by atoms with Crippen LogP contribution in [0, 0.1) is 0 Å². The van der Waals surface area contributed by atoms with Crippen molar-refractivity contribution >= 4 is 17.4 Å². The molecule has 0 radical (unpaired) electrons. The van der Waals surface area contributed by atoms with Crippen LogP contribution in [0.1, 0.15) is 46.2 Å². The molecule has 2 aromatic heterocycles.